The molecule has 2 rings (SSSR count). The topological polar surface area (TPSA) is 74.7 Å². The van der Waals surface area contributed by atoms with Crippen LogP contribution in [-0.4, -0.2) is 44.1 Å². The van der Waals surface area contributed by atoms with Gasteiger partial charge in [0.1, 0.15) is 0 Å². The molecule has 1 saturated heterocycles. The van der Waals surface area contributed by atoms with E-state index < -0.39 is 15.8 Å². The first-order valence-electron chi connectivity index (χ1n) is 5.87. The predicted molar refractivity (Wildman–Crippen MR) is 76.6 cm³/mol. The average Bonchev–Trinajstić information content (AvgIpc) is 2.49. The van der Waals surface area contributed by atoms with Crippen LogP contribution in [0.4, 0.5) is 5.69 Å². The van der Waals surface area contributed by atoms with Crippen LogP contribution in [0, 0.1) is 0 Å². The van der Waals surface area contributed by atoms with Gasteiger partial charge < -0.3 is 10.0 Å². The third kappa shape index (κ3) is 3.48. The van der Waals surface area contributed by atoms with Crippen LogP contribution in [0.5, 0.6) is 0 Å². The fraction of sp³-hybridized carbons (Fsp3) is 0.417. The maximum atomic E-state index is 11.6. The number of sulfone groups is 1. The number of anilines is 1. The molecule has 0 aliphatic carbocycles. The lowest BCUT2D eigenvalue weighted by molar-refractivity contribution is 0.0697. The number of rotatable bonds is 2. The van der Waals surface area contributed by atoms with Crippen LogP contribution in [0.15, 0.2) is 22.7 Å². The van der Waals surface area contributed by atoms with Gasteiger partial charge in [0.25, 0.3) is 0 Å². The molecule has 0 aromatic heterocycles. The van der Waals surface area contributed by atoms with E-state index in [-0.39, 0.29) is 17.1 Å². The third-order valence-electron chi connectivity index (χ3n) is 3.09. The van der Waals surface area contributed by atoms with Gasteiger partial charge in [-0.2, -0.15) is 0 Å². The number of benzene rings is 1. The van der Waals surface area contributed by atoms with Gasteiger partial charge >= 0.3 is 5.97 Å². The van der Waals surface area contributed by atoms with Crippen LogP contribution < -0.4 is 4.90 Å². The molecule has 0 saturated carbocycles. The minimum absolute atomic E-state index is 0.0680. The van der Waals surface area contributed by atoms with Crippen LogP contribution in [0.3, 0.4) is 0 Å². The van der Waals surface area contributed by atoms with Crippen molar-refractivity contribution in [2.24, 2.45) is 0 Å². The van der Waals surface area contributed by atoms with Gasteiger partial charge in [-0.25, -0.2) is 13.2 Å². The summed E-state index contributed by atoms with van der Waals surface area (Å²) in [7, 11) is -3.00. The number of aromatic carboxylic acids is 1. The van der Waals surface area contributed by atoms with E-state index in [9.17, 15) is 18.3 Å². The summed E-state index contributed by atoms with van der Waals surface area (Å²) in [5.41, 5.74) is 0.765. The van der Waals surface area contributed by atoms with E-state index in [1.165, 1.54) is 6.07 Å². The molecule has 1 heterocycles. The number of carbonyl (C=O) groups is 1. The zero-order valence-electron chi connectivity index (χ0n) is 10.2. The van der Waals surface area contributed by atoms with Crippen molar-refractivity contribution in [1.82, 2.24) is 0 Å². The van der Waals surface area contributed by atoms with Gasteiger partial charge in [0.2, 0.25) is 0 Å². The summed E-state index contributed by atoms with van der Waals surface area (Å²) in [5.74, 6) is -0.770. The molecule has 1 aliphatic heterocycles. The van der Waals surface area contributed by atoms with Crippen molar-refractivity contribution in [2.75, 3.05) is 29.5 Å². The zero-order valence-corrected chi connectivity index (χ0v) is 12.6. The quantitative estimate of drug-likeness (QED) is 0.882. The molecule has 7 heteroatoms. The van der Waals surface area contributed by atoms with Crippen molar-refractivity contribution in [3.05, 3.63) is 28.2 Å². The Labute approximate surface area is 120 Å². The second-order valence-corrected chi connectivity index (χ2v) is 7.68. The normalized spacial score (nSPS) is 18.9. The van der Waals surface area contributed by atoms with Gasteiger partial charge in [-0.05, 0) is 24.6 Å². The van der Waals surface area contributed by atoms with Crippen molar-refractivity contribution < 1.29 is 18.3 Å². The number of hydrogen-bond donors (Lipinski definition) is 1. The van der Waals surface area contributed by atoms with E-state index in [2.05, 4.69) is 15.9 Å². The highest BCUT2D eigenvalue weighted by atomic mass is 79.9. The highest BCUT2D eigenvalue weighted by Gasteiger charge is 2.22. The first-order valence-corrected chi connectivity index (χ1v) is 8.49. The number of nitrogens with zero attached hydrogens (tertiary/aromatic N) is 1. The minimum atomic E-state index is -3.00. The second kappa shape index (κ2) is 5.50. The summed E-state index contributed by atoms with van der Waals surface area (Å²) in [6.45, 7) is 0.884. The standard InChI is InChI=1S/C12H14BrNO4S/c13-9-2-3-10(12(15)16)11(8-9)14-4-1-6-19(17,18)7-5-14/h2-3,8H,1,4-7H2,(H,15,16). The van der Waals surface area contributed by atoms with E-state index in [1.807, 2.05) is 4.90 Å². The molecule has 104 valence electrons. The molecule has 1 fully saturated rings. The Morgan fingerprint density at radius 3 is 2.68 bits per heavy atom. The Hall–Kier alpha value is -1.08. The Bertz CT molecular complexity index is 600. The van der Waals surface area contributed by atoms with Crippen molar-refractivity contribution >= 4 is 37.4 Å². The Morgan fingerprint density at radius 2 is 2.00 bits per heavy atom. The summed E-state index contributed by atoms with van der Waals surface area (Å²) in [6.07, 6.45) is 0.522. The molecular formula is C12H14BrNO4S. The van der Waals surface area contributed by atoms with E-state index in [0.717, 1.165) is 4.47 Å². The monoisotopic (exact) mass is 347 g/mol. The Morgan fingerprint density at radius 1 is 1.26 bits per heavy atom. The summed E-state index contributed by atoms with van der Waals surface area (Å²) in [5, 5.41) is 9.20. The molecule has 0 radical (unpaired) electrons. The molecule has 1 N–H and O–H groups in total. The highest BCUT2D eigenvalue weighted by Crippen LogP contribution is 2.26. The van der Waals surface area contributed by atoms with Crippen molar-refractivity contribution in [2.45, 2.75) is 6.42 Å². The van der Waals surface area contributed by atoms with Gasteiger partial charge in [0.05, 0.1) is 22.8 Å². The van der Waals surface area contributed by atoms with Gasteiger partial charge in [-0.3, -0.25) is 0 Å². The molecule has 1 aliphatic rings. The zero-order chi connectivity index (χ0) is 14.0. The van der Waals surface area contributed by atoms with Crippen molar-refractivity contribution in [3.63, 3.8) is 0 Å². The molecule has 5 nitrogen and oxygen atoms in total. The van der Waals surface area contributed by atoms with Gasteiger partial charge in [-0.15, -0.1) is 0 Å². The van der Waals surface area contributed by atoms with Crippen LogP contribution in [-0.2, 0) is 9.84 Å². The molecule has 0 bridgehead atoms. The maximum Gasteiger partial charge on any atom is 0.337 e. The minimum Gasteiger partial charge on any atom is -0.478 e. The van der Waals surface area contributed by atoms with E-state index in [4.69, 9.17) is 0 Å². The van der Waals surface area contributed by atoms with Gasteiger partial charge in [0.15, 0.2) is 9.84 Å². The average molecular weight is 348 g/mol. The SMILES string of the molecule is O=C(O)c1ccc(Br)cc1N1CCCS(=O)(=O)CC1. The van der Waals surface area contributed by atoms with Crippen LogP contribution >= 0.6 is 15.9 Å². The Balaban J connectivity index is 2.35. The molecule has 19 heavy (non-hydrogen) atoms. The summed E-state index contributed by atoms with van der Waals surface area (Å²) in [6, 6.07) is 4.92. The molecule has 0 amide bonds. The molecule has 0 spiro atoms. The number of carboxylic acid groups (broad SMARTS) is 1. The second-order valence-electron chi connectivity index (χ2n) is 4.46. The van der Waals surface area contributed by atoms with E-state index >= 15 is 0 Å². The third-order valence-corrected chi connectivity index (χ3v) is 5.29. The van der Waals surface area contributed by atoms with Crippen LogP contribution in [0.25, 0.3) is 0 Å². The summed E-state index contributed by atoms with van der Waals surface area (Å²) < 4.78 is 23.9. The smallest absolute Gasteiger partial charge is 0.337 e. The van der Waals surface area contributed by atoms with E-state index in [0.29, 0.717) is 25.2 Å². The highest BCUT2D eigenvalue weighted by molar-refractivity contribution is 9.10. The van der Waals surface area contributed by atoms with Crippen molar-refractivity contribution in [3.8, 4) is 0 Å². The molecule has 0 unspecified atom stereocenters. The fourth-order valence-electron chi connectivity index (χ4n) is 2.13. The van der Waals surface area contributed by atoms with Gasteiger partial charge in [0, 0.05) is 17.6 Å². The van der Waals surface area contributed by atoms with Crippen molar-refractivity contribution in [1.29, 1.82) is 0 Å². The van der Waals surface area contributed by atoms with Crippen LogP contribution in [0.2, 0.25) is 0 Å². The molecular weight excluding hydrogens is 334 g/mol. The number of hydrogen-bond acceptors (Lipinski definition) is 4. The lowest BCUT2D eigenvalue weighted by Gasteiger charge is -2.24. The molecule has 1 aromatic rings. The van der Waals surface area contributed by atoms with Crippen LogP contribution in [0.1, 0.15) is 16.8 Å². The maximum absolute atomic E-state index is 11.6. The predicted octanol–water partition coefficient (Wildman–Crippen LogP) is 1.77. The fourth-order valence-corrected chi connectivity index (χ4v) is 3.75. The summed E-state index contributed by atoms with van der Waals surface area (Å²) in [4.78, 5) is 13.1. The lowest BCUT2D eigenvalue weighted by Crippen LogP contribution is -2.28. The Kier molecular flexibility index (Phi) is 4.15. The number of halogens is 1. The summed E-state index contributed by atoms with van der Waals surface area (Å²) >= 11 is 3.32. The largest absolute Gasteiger partial charge is 0.478 e. The first kappa shape index (κ1) is 14.3. The van der Waals surface area contributed by atoms with Gasteiger partial charge in [-0.1, -0.05) is 15.9 Å². The molecule has 1 aromatic carbocycles. The van der Waals surface area contributed by atoms with E-state index in [1.54, 1.807) is 12.1 Å². The first-order chi connectivity index (χ1) is 8.89. The lowest BCUT2D eigenvalue weighted by atomic mass is 10.1. The number of carboxylic acids is 1. The molecule has 0 atom stereocenters.